The Bertz CT molecular complexity index is 1020. The standard InChI is InChI=1S/C20H22N2O3S2/c1-4-14-11-15-17(27-14)21-20(26-3)22(18(15)23)16(19(24)25)10-9-13-7-5-12(2)6-8-13/h5-8,11,16H,4,9-10H2,1-3H3,(H,24,25). The van der Waals surface area contributed by atoms with Crippen LogP contribution in [0.2, 0.25) is 0 Å². The molecule has 1 N–H and O–H groups in total. The summed E-state index contributed by atoms with van der Waals surface area (Å²) in [6.07, 6.45) is 3.56. The Labute approximate surface area is 166 Å². The van der Waals surface area contributed by atoms with Gasteiger partial charge in [0, 0.05) is 4.88 Å². The SMILES string of the molecule is CCc1cc2c(=O)n(C(CCc3ccc(C)cc3)C(=O)O)c(SC)nc2s1. The number of nitrogens with zero attached hydrogens (tertiary/aromatic N) is 2. The minimum absolute atomic E-state index is 0.267. The monoisotopic (exact) mass is 402 g/mol. The number of thioether (sulfide) groups is 1. The van der Waals surface area contributed by atoms with Crippen LogP contribution in [-0.4, -0.2) is 26.9 Å². The van der Waals surface area contributed by atoms with Crippen molar-refractivity contribution >= 4 is 39.3 Å². The number of aliphatic carboxylic acids is 1. The van der Waals surface area contributed by atoms with Crippen LogP contribution >= 0.6 is 23.1 Å². The highest BCUT2D eigenvalue weighted by Crippen LogP contribution is 2.27. The summed E-state index contributed by atoms with van der Waals surface area (Å²) in [7, 11) is 0. The molecule has 0 spiro atoms. The number of hydrogen-bond acceptors (Lipinski definition) is 5. The van der Waals surface area contributed by atoms with E-state index in [-0.39, 0.29) is 5.56 Å². The molecule has 0 aliphatic carbocycles. The number of carboxylic acid groups (broad SMARTS) is 1. The lowest BCUT2D eigenvalue weighted by atomic mass is 10.0. The van der Waals surface area contributed by atoms with Crippen LogP contribution in [0, 0.1) is 6.92 Å². The summed E-state index contributed by atoms with van der Waals surface area (Å²) in [4.78, 5) is 31.4. The van der Waals surface area contributed by atoms with Crippen molar-refractivity contribution in [1.82, 2.24) is 9.55 Å². The zero-order valence-electron chi connectivity index (χ0n) is 15.6. The van der Waals surface area contributed by atoms with E-state index < -0.39 is 12.0 Å². The molecule has 3 rings (SSSR count). The fourth-order valence-corrected chi connectivity index (χ4v) is 4.64. The quantitative estimate of drug-likeness (QED) is 0.471. The van der Waals surface area contributed by atoms with E-state index >= 15 is 0 Å². The van der Waals surface area contributed by atoms with E-state index in [0.29, 0.717) is 28.2 Å². The van der Waals surface area contributed by atoms with Gasteiger partial charge >= 0.3 is 5.97 Å². The maximum Gasteiger partial charge on any atom is 0.326 e. The van der Waals surface area contributed by atoms with Crippen molar-refractivity contribution in [2.45, 2.75) is 44.3 Å². The number of aromatic nitrogens is 2. The molecule has 1 atom stereocenters. The minimum Gasteiger partial charge on any atom is -0.480 e. The molecule has 0 aliphatic heterocycles. The van der Waals surface area contributed by atoms with Gasteiger partial charge < -0.3 is 5.11 Å². The average molecular weight is 403 g/mol. The van der Waals surface area contributed by atoms with Crippen molar-refractivity contribution in [3.8, 4) is 0 Å². The van der Waals surface area contributed by atoms with Crippen LogP contribution in [0.3, 0.4) is 0 Å². The Morgan fingerprint density at radius 3 is 2.63 bits per heavy atom. The fraction of sp³-hybridized carbons (Fsp3) is 0.350. The van der Waals surface area contributed by atoms with Crippen molar-refractivity contribution in [3.63, 3.8) is 0 Å². The van der Waals surface area contributed by atoms with Crippen molar-refractivity contribution in [1.29, 1.82) is 0 Å². The Hall–Kier alpha value is -2.12. The van der Waals surface area contributed by atoms with Crippen molar-refractivity contribution in [3.05, 3.63) is 56.7 Å². The van der Waals surface area contributed by atoms with Gasteiger partial charge in [0.2, 0.25) is 0 Å². The van der Waals surface area contributed by atoms with Crippen molar-refractivity contribution < 1.29 is 9.90 Å². The van der Waals surface area contributed by atoms with Gasteiger partial charge in [-0.15, -0.1) is 11.3 Å². The molecule has 1 unspecified atom stereocenters. The second-order valence-electron chi connectivity index (χ2n) is 6.44. The lowest BCUT2D eigenvalue weighted by molar-refractivity contribution is -0.141. The molecule has 27 heavy (non-hydrogen) atoms. The number of aryl methyl sites for hydroxylation is 3. The summed E-state index contributed by atoms with van der Waals surface area (Å²) in [5.41, 5.74) is 1.95. The topological polar surface area (TPSA) is 72.2 Å². The molecule has 0 bridgehead atoms. The number of carbonyl (C=O) groups is 1. The fourth-order valence-electron chi connectivity index (χ4n) is 3.04. The first-order chi connectivity index (χ1) is 12.9. The highest BCUT2D eigenvalue weighted by molar-refractivity contribution is 7.98. The van der Waals surface area contributed by atoms with Gasteiger partial charge in [-0.25, -0.2) is 9.78 Å². The largest absolute Gasteiger partial charge is 0.480 e. The molecule has 2 heterocycles. The first-order valence-corrected chi connectivity index (χ1v) is 10.9. The van der Waals surface area contributed by atoms with E-state index in [1.54, 1.807) is 0 Å². The summed E-state index contributed by atoms with van der Waals surface area (Å²) >= 11 is 2.80. The van der Waals surface area contributed by atoms with Crippen LogP contribution in [0.4, 0.5) is 0 Å². The third kappa shape index (κ3) is 4.09. The first kappa shape index (κ1) is 19.6. The Morgan fingerprint density at radius 1 is 1.33 bits per heavy atom. The van der Waals surface area contributed by atoms with Crippen molar-refractivity contribution in [2.75, 3.05) is 6.26 Å². The van der Waals surface area contributed by atoms with E-state index in [4.69, 9.17) is 0 Å². The number of benzene rings is 1. The Morgan fingerprint density at radius 2 is 2.04 bits per heavy atom. The molecule has 0 radical (unpaired) electrons. The van der Waals surface area contributed by atoms with Gasteiger partial charge in [0.25, 0.3) is 5.56 Å². The third-order valence-corrected chi connectivity index (χ3v) is 6.40. The van der Waals surface area contributed by atoms with Gasteiger partial charge in [-0.2, -0.15) is 0 Å². The molecule has 3 aromatic rings. The molecular formula is C20H22N2O3S2. The van der Waals surface area contributed by atoms with E-state index in [9.17, 15) is 14.7 Å². The van der Waals surface area contributed by atoms with Crippen LogP contribution < -0.4 is 5.56 Å². The van der Waals surface area contributed by atoms with E-state index in [2.05, 4.69) is 4.98 Å². The zero-order chi connectivity index (χ0) is 19.6. The van der Waals surface area contributed by atoms with Crippen LogP contribution in [0.1, 0.15) is 35.4 Å². The molecule has 0 saturated heterocycles. The molecule has 142 valence electrons. The zero-order valence-corrected chi connectivity index (χ0v) is 17.2. The molecule has 7 heteroatoms. The summed E-state index contributed by atoms with van der Waals surface area (Å²) < 4.78 is 1.36. The molecule has 0 aliphatic rings. The summed E-state index contributed by atoms with van der Waals surface area (Å²) in [5, 5.41) is 10.8. The number of carboxylic acids is 1. The molecule has 0 amide bonds. The molecule has 0 saturated carbocycles. The molecule has 1 aromatic carbocycles. The van der Waals surface area contributed by atoms with Crippen LogP contribution in [0.15, 0.2) is 40.3 Å². The number of thiophene rings is 1. The van der Waals surface area contributed by atoms with Gasteiger partial charge in [0.05, 0.1) is 5.39 Å². The van der Waals surface area contributed by atoms with Gasteiger partial charge in [-0.05, 0) is 44.1 Å². The maximum atomic E-state index is 13.1. The summed E-state index contributed by atoms with van der Waals surface area (Å²) in [6, 6.07) is 8.92. The summed E-state index contributed by atoms with van der Waals surface area (Å²) in [6.45, 7) is 4.04. The molecule has 5 nitrogen and oxygen atoms in total. The lowest BCUT2D eigenvalue weighted by Crippen LogP contribution is -2.32. The van der Waals surface area contributed by atoms with Crippen LogP contribution in [0.25, 0.3) is 10.2 Å². The molecular weight excluding hydrogens is 380 g/mol. The van der Waals surface area contributed by atoms with E-state index in [1.807, 2.05) is 50.4 Å². The van der Waals surface area contributed by atoms with Crippen molar-refractivity contribution in [2.24, 2.45) is 0 Å². The van der Waals surface area contributed by atoms with Gasteiger partial charge in [-0.3, -0.25) is 9.36 Å². The normalized spacial score (nSPS) is 12.4. The predicted octanol–water partition coefficient (Wildman–Crippen LogP) is 4.31. The second-order valence-corrected chi connectivity index (χ2v) is 8.33. The molecule has 0 fully saturated rings. The van der Waals surface area contributed by atoms with Crippen LogP contribution in [0.5, 0.6) is 0 Å². The average Bonchev–Trinajstić information content (AvgIpc) is 3.08. The number of fused-ring (bicyclic) bond motifs is 1. The van der Waals surface area contributed by atoms with Gasteiger partial charge in [-0.1, -0.05) is 48.5 Å². The van der Waals surface area contributed by atoms with Gasteiger partial charge in [0.1, 0.15) is 10.9 Å². The highest BCUT2D eigenvalue weighted by atomic mass is 32.2. The predicted molar refractivity (Wildman–Crippen MR) is 111 cm³/mol. The number of rotatable bonds is 7. The summed E-state index contributed by atoms with van der Waals surface area (Å²) in [5.74, 6) is -1.01. The first-order valence-electron chi connectivity index (χ1n) is 8.81. The van der Waals surface area contributed by atoms with Crippen LogP contribution in [-0.2, 0) is 17.6 Å². The second kappa shape index (κ2) is 8.27. The highest BCUT2D eigenvalue weighted by Gasteiger charge is 2.25. The maximum absolute atomic E-state index is 13.1. The molecule has 2 aromatic heterocycles. The van der Waals surface area contributed by atoms with E-state index in [1.165, 1.54) is 27.7 Å². The Kier molecular flexibility index (Phi) is 6.01. The smallest absolute Gasteiger partial charge is 0.326 e. The van der Waals surface area contributed by atoms with Gasteiger partial charge in [0.15, 0.2) is 5.16 Å². The minimum atomic E-state index is -1.01. The lowest BCUT2D eigenvalue weighted by Gasteiger charge is -2.18. The number of hydrogen-bond donors (Lipinski definition) is 1. The Balaban J connectivity index is 2.02. The third-order valence-electron chi connectivity index (χ3n) is 4.57. The van der Waals surface area contributed by atoms with E-state index in [0.717, 1.165) is 22.4 Å².